The van der Waals surface area contributed by atoms with Crippen LogP contribution in [0, 0.1) is 0 Å². The largest absolute Gasteiger partial charge is 0.496 e. The van der Waals surface area contributed by atoms with Gasteiger partial charge in [0.2, 0.25) is 5.91 Å². The number of carbonyl (C=O) groups is 1. The Kier molecular flexibility index (Phi) is 6.10. The molecule has 24 heavy (non-hydrogen) atoms. The van der Waals surface area contributed by atoms with Crippen LogP contribution >= 0.6 is 23.2 Å². The summed E-state index contributed by atoms with van der Waals surface area (Å²) < 4.78 is 29.6. The van der Waals surface area contributed by atoms with Gasteiger partial charge in [0.25, 0.3) is 0 Å². The number of rotatable bonds is 6. The van der Waals surface area contributed by atoms with Crippen molar-refractivity contribution in [1.82, 2.24) is 0 Å². The standard InChI is InChI=1S/C16H15Cl2NO4S/c1-23-15-7-4-13(18)8-11(15)9-24(21,22)10-16(20)19-14-5-2-12(17)3-6-14/h2-8H,9-10H2,1H3,(H,19,20). The molecule has 0 saturated carbocycles. The lowest BCUT2D eigenvalue weighted by Gasteiger charge is -2.10. The van der Waals surface area contributed by atoms with Gasteiger partial charge in [-0.1, -0.05) is 23.2 Å². The van der Waals surface area contributed by atoms with Crippen LogP contribution < -0.4 is 10.1 Å². The zero-order chi connectivity index (χ0) is 17.7. The molecule has 0 radical (unpaired) electrons. The second-order valence-corrected chi connectivity index (χ2v) is 7.98. The summed E-state index contributed by atoms with van der Waals surface area (Å²) in [7, 11) is -2.25. The zero-order valence-electron chi connectivity index (χ0n) is 12.8. The van der Waals surface area contributed by atoms with Crippen LogP contribution in [-0.2, 0) is 20.4 Å². The fraction of sp³-hybridized carbons (Fsp3) is 0.188. The van der Waals surface area contributed by atoms with Gasteiger partial charge in [-0.3, -0.25) is 4.79 Å². The third-order valence-corrected chi connectivity index (χ3v) is 5.04. The van der Waals surface area contributed by atoms with Crippen molar-refractivity contribution < 1.29 is 17.9 Å². The highest BCUT2D eigenvalue weighted by molar-refractivity contribution is 7.91. The fourth-order valence-electron chi connectivity index (χ4n) is 2.08. The number of methoxy groups -OCH3 is 1. The summed E-state index contributed by atoms with van der Waals surface area (Å²) in [6.45, 7) is 0. The van der Waals surface area contributed by atoms with Gasteiger partial charge in [0.05, 0.1) is 12.9 Å². The van der Waals surface area contributed by atoms with Crippen molar-refractivity contribution in [3.8, 4) is 5.75 Å². The molecule has 0 atom stereocenters. The van der Waals surface area contributed by atoms with Crippen LogP contribution in [0.25, 0.3) is 0 Å². The lowest BCUT2D eigenvalue weighted by atomic mass is 10.2. The number of hydrogen-bond donors (Lipinski definition) is 1. The molecule has 0 bridgehead atoms. The smallest absolute Gasteiger partial charge is 0.239 e. The highest BCUT2D eigenvalue weighted by Gasteiger charge is 2.20. The number of nitrogens with one attached hydrogen (secondary N) is 1. The lowest BCUT2D eigenvalue weighted by Crippen LogP contribution is -2.24. The molecule has 8 heteroatoms. The molecule has 2 aromatic rings. The molecule has 2 rings (SSSR count). The van der Waals surface area contributed by atoms with Crippen LogP contribution in [0.5, 0.6) is 5.75 Å². The minimum absolute atomic E-state index is 0.342. The van der Waals surface area contributed by atoms with Gasteiger partial charge < -0.3 is 10.1 Å². The van der Waals surface area contributed by atoms with Crippen LogP contribution in [0.2, 0.25) is 10.0 Å². The van der Waals surface area contributed by atoms with Gasteiger partial charge >= 0.3 is 0 Å². The van der Waals surface area contributed by atoms with Crippen molar-refractivity contribution in [1.29, 1.82) is 0 Å². The highest BCUT2D eigenvalue weighted by atomic mass is 35.5. The number of carbonyl (C=O) groups excluding carboxylic acids is 1. The number of amides is 1. The first-order chi connectivity index (χ1) is 11.3. The molecule has 128 valence electrons. The van der Waals surface area contributed by atoms with E-state index >= 15 is 0 Å². The quantitative estimate of drug-likeness (QED) is 0.822. The van der Waals surface area contributed by atoms with E-state index in [1.165, 1.54) is 13.2 Å². The first-order valence-corrected chi connectivity index (χ1v) is 9.45. The topological polar surface area (TPSA) is 72.5 Å². The minimum atomic E-state index is -3.69. The van der Waals surface area contributed by atoms with E-state index in [9.17, 15) is 13.2 Å². The molecule has 0 saturated heterocycles. The Balaban J connectivity index is 2.06. The van der Waals surface area contributed by atoms with E-state index in [4.69, 9.17) is 27.9 Å². The summed E-state index contributed by atoms with van der Waals surface area (Å²) in [5.41, 5.74) is 0.879. The maximum Gasteiger partial charge on any atom is 0.239 e. The summed E-state index contributed by atoms with van der Waals surface area (Å²) in [6, 6.07) is 11.1. The molecule has 5 nitrogen and oxygen atoms in total. The summed E-state index contributed by atoms with van der Waals surface area (Å²) in [4.78, 5) is 11.9. The molecule has 0 aliphatic carbocycles. The van der Waals surface area contributed by atoms with Crippen LogP contribution in [0.3, 0.4) is 0 Å². The van der Waals surface area contributed by atoms with E-state index < -0.39 is 21.5 Å². The number of sulfone groups is 1. The molecule has 2 aromatic carbocycles. The molecule has 0 aliphatic heterocycles. The predicted molar refractivity (Wildman–Crippen MR) is 95.6 cm³/mol. The van der Waals surface area contributed by atoms with E-state index in [2.05, 4.69) is 5.32 Å². The number of halogens is 2. The first kappa shape index (κ1) is 18.6. The normalized spacial score (nSPS) is 11.1. The molecular weight excluding hydrogens is 373 g/mol. The maximum absolute atomic E-state index is 12.3. The average Bonchev–Trinajstić information content (AvgIpc) is 2.48. The number of hydrogen-bond acceptors (Lipinski definition) is 4. The number of benzene rings is 2. The minimum Gasteiger partial charge on any atom is -0.496 e. The Morgan fingerprint density at radius 3 is 2.33 bits per heavy atom. The second-order valence-electron chi connectivity index (χ2n) is 5.04. The first-order valence-electron chi connectivity index (χ1n) is 6.87. The highest BCUT2D eigenvalue weighted by Crippen LogP contribution is 2.24. The van der Waals surface area contributed by atoms with E-state index in [-0.39, 0.29) is 5.75 Å². The molecule has 0 aliphatic rings. The maximum atomic E-state index is 12.3. The Morgan fingerprint density at radius 1 is 1.08 bits per heavy atom. The second kappa shape index (κ2) is 7.88. The van der Waals surface area contributed by atoms with Crippen molar-refractivity contribution in [3.63, 3.8) is 0 Å². The Hall–Kier alpha value is -1.76. The van der Waals surface area contributed by atoms with Gasteiger partial charge in [0.1, 0.15) is 11.5 Å². The molecule has 0 aromatic heterocycles. The van der Waals surface area contributed by atoms with Crippen LogP contribution in [0.1, 0.15) is 5.56 Å². The van der Waals surface area contributed by atoms with Crippen molar-refractivity contribution in [3.05, 3.63) is 58.1 Å². The van der Waals surface area contributed by atoms with Crippen molar-refractivity contribution in [2.45, 2.75) is 5.75 Å². The molecule has 1 amide bonds. The van der Waals surface area contributed by atoms with Crippen LogP contribution in [0.4, 0.5) is 5.69 Å². The van der Waals surface area contributed by atoms with Gasteiger partial charge in [-0.2, -0.15) is 0 Å². The van der Waals surface area contributed by atoms with Crippen LogP contribution in [0.15, 0.2) is 42.5 Å². The SMILES string of the molecule is COc1ccc(Cl)cc1CS(=O)(=O)CC(=O)Nc1ccc(Cl)cc1. The molecule has 0 spiro atoms. The molecular formula is C16H15Cl2NO4S. The van der Waals surface area contributed by atoms with Gasteiger partial charge in [-0.15, -0.1) is 0 Å². The van der Waals surface area contributed by atoms with Crippen molar-refractivity contribution in [2.24, 2.45) is 0 Å². The van der Waals surface area contributed by atoms with E-state index in [0.29, 0.717) is 27.0 Å². The predicted octanol–water partition coefficient (Wildman–Crippen LogP) is 3.56. The number of ether oxygens (including phenoxy) is 1. The third-order valence-electron chi connectivity index (χ3n) is 3.10. The van der Waals surface area contributed by atoms with Gasteiger partial charge in [-0.25, -0.2) is 8.42 Å². The van der Waals surface area contributed by atoms with E-state index in [1.54, 1.807) is 36.4 Å². The van der Waals surface area contributed by atoms with Gasteiger partial charge in [-0.05, 0) is 42.5 Å². The molecule has 0 fully saturated rings. The van der Waals surface area contributed by atoms with Crippen LogP contribution in [-0.4, -0.2) is 27.2 Å². The molecule has 0 unspecified atom stereocenters. The van der Waals surface area contributed by atoms with Crippen molar-refractivity contribution in [2.75, 3.05) is 18.2 Å². The Bertz CT molecular complexity index is 836. The lowest BCUT2D eigenvalue weighted by molar-refractivity contribution is -0.113. The number of anilines is 1. The molecule has 1 N–H and O–H groups in total. The van der Waals surface area contributed by atoms with Gasteiger partial charge in [0, 0.05) is 21.3 Å². The monoisotopic (exact) mass is 387 g/mol. The summed E-state index contributed by atoms with van der Waals surface area (Å²) >= 11 is 11.6. The fourth-order valence-corrected chi connectivity index (χ4v) is 3.67. The Morgan fingerprint density at radius 2 is 1.71 bits per heavy atom. The third kappa shape index (κ3) is 5.40. The van der Waals surface area contributed by atoms with Crippen molar-refractivity contribution >= 4 is 44.6 Å². The summed E-state index contributed by atoms with van der Waals surface area (Å²) in [5.74, 6) is -1.21. The summed E-state index contributed by atoms with van der Waals surface area (Å²) in [6.07, 6.45) is 0. The van der Waals surface area contributed by atoms with E-state index in [1.807, 2.05) is 0 Å². The van der Waals surface area contributed by atoms with E-state index in [0.717, 1.165) is 0 Å². The average molecular weight is 388 g/mol. The summed E-state index contributed by atoms with van der Waals surface area (Å²) in [5, 5.41) is 3.43. The molecule has 0 heterocycles. The Labute approximate surface area is 150 Å². The van der Waals surface area contributed by atoms with Gasteiger partial charge in [0.15, 0.2) is 9.84 Å². The zero-order valence-corrected chi connectivity index (χ0v) is 15.1.